The van der Waals surface area contributed by atoms with Crippen LogP contribution in [0.15, 0.2) is 41.4 Å². The summed E-state index contributed by atoms with van der Waals surface area (Å²) in [5, 5.41) is 15.4. The molecule has 0 saturated carbocycles. The molecule has 0 aromatic heterocycles. The van der Waals surface area contributed by atoms with Crippen molar-refractivity contribution in [3.8, 4) is 23.0 Å². The number of ether oxygens (including phenoxy) is 4. The summed E-state index contributed by atoms with van der Waals surface area (Å²) >= 11 is 0. The third kappa shape index (κ3) is 8.33. The fourth-order valence-electron chi connectivity index (χ4n) is 2.72. The molecule has 0 spiro atoms. The second kappa shape index (κ2) is 14.6. The number of aliphatic imine (C=N–C) groups is 1. The highest BCUT2D eigenvalue weighted by Gasteiger charge is 2.08. The first-order valence-electron chi connectivity index (χ1n) is 9.91. The number of guanidine groups is 1. The lowest BCUT2D eigenvalue weighted by Gasteiger charge is -2.15. The number of aliphatic hydroxyl groups is 1. The molecule has 0 fully saturated rings. The SMILES string of the molecule is CCNC(=NCc1ccc(OCCO)c(OC)c1)Nc1ccc(OC)c(OCC)c1.I. The quantitative estimate of drug-likeness (QED) is 0.226. The number of rotatable bonds is 11. The molecule has 0 radical (unpaired) electrons. The van der Waals surface area contributed by atoms with Crippen molar-refractivity contribution in [3.05, 3.63) is 42.0 Å². The van der Waals surface area contributed by atoms with Crippen molar-refractivity contribution < 1.29 is 24.1 Å². The van der Waals surface area contributed by atoms with Crippen LogP contribution < -0.4 is 29.6 Å². The molecule has 3 N–H and O–H groups in total. The van der Waals surface area contributed by atoms with Crippen LogP contribution in [0, 0.1) is 0 Å². The van der Waals surface area contributed by atoms with Crippen molar-refractivity contribution in [2.24, 2.45) is 4.99 Å². The smallest absolute Gasteiger partial charge is 0.196 e. The molecule has 0 heterocycles. The first kappa shape index (κ1) is 26.6. The van der Waals surface area contributed by atoms with Gasteiger partial charge in [0.15, 0.2) is 29.0 Å². The van der Waals surface area contributed by atoms with Gasteiger partial charge in [0.25, 0.3) is 0 Å². The summed E-state index contributed by atoms with van der Waals surface area (Å²) in [6, 6.07) is 11.3. The van der Waals surface area contributed by atoms with Crippen molar-refractivity contribution >= 4 is 35.6 Å². The molecule has 0 amide bonds. The van der Waals surface area contributed by atoms with E-state index in [9.17, 15) is 0 Å². The molecule has 0 aliphatic heterocycles. The molecule has 8 nitrogen and oxygen atoms in total. The van der Waals surface area contributed by atoms with Gasteiger partial charge in [-0.3, -0.25) is 0 Å². The third-order valence-electron chi connectivity index (χ3n) is 4.07. The fourth-order valence-corrected chi connectivity index (χ4v) is 2.72. The Labute approximate surface area is 201 Å². The minimum Gasteiger partial charge on any atom is -0.493 e. The number of hydrogen-bond acceptors (Lipinski definition) is 6. The van der Waals surface area contributed by atoms with Crippen molar-refractivity contribution in [2.75, 3.05) is 45.9 Å². The summed E-state index contributed by atoms with van der Waals surface area (Å²) in [6.45, 7) is 5.82. The Morgan fingerprint density at radius 3 is 2.32 bits per heavy atom. The predicted octanol–water partition coefficient (Wildman–Crippen LogP) is 3.67. The molecule has 172 valence electrons. The van der Waals surface area contributed by atoms with Gasteiger partial charge in [0.1, 0.15) is 6.61 Å². The lowest BCUT2D eigenvalue weighted by molar-refractivity contribution is 0.196. The number of hydrogen-bond donors (Lipinski definition) is 3. The van der Waals surface area contributed by atoms with Crippen molar-refractivity contribution in [1.29, 1.82) is 0 Å². The second-order valence-corrected chi connectivity index (χ2v) is 6.18. The monoisotopic (exact) mass is 545 g/mol. The number of nitrogens with zero attached hydrogens (tertiary/aromatic N) is 1. The van der Waals surface area contributed by atoms with Crippen LogP contribution in [0.3, 0.4) is 0 Å². The molecule has 31 heavy (non-hydrogen) atoms. The Hall–Kier alpha value is -2.40. The van der Waals surface area contributed by atoms with Gasteiger partial charge in [-0.2, -0.15) is 0 Å². The summed E-state index contributed by atoms with van der Waals surface area (Å²) in [6.07, 6.45) is 0. The minimum absolute atomic E-state index is 0. The lowest BCUT2D eigenvalue weighted by atomic mass is 10.2. The maximum Gasteiger partial charge on any atom is 0.196 e. The van der Waals surface area contributed by atoms with Crippen LogP contribution in [0.1, 0.15) is 19.4 Å². The first-order chi connectivity index (χ1) is 14.6. The van der Waals surface area contributed by atoms with Gasteiger partial charge >= 0.3 is 0 Å². The summed E-state index contributed by atoms with van der Waals surface area (Å²) in [5.74, 6) is 3.19. The molecule has 0 aliphatic carbocycles. The van der Waals surface area contributed by atoms with Crippen molar-refractivity contribution in [3.63, 3.8) is 0 Å². The number of anilines is 1. The first-order valence-corrected chi connectivity index (χ1v) is 9.91. The molecular weight excluding hydrogens is 513 g/mol. The normalized spacial score (nSPS) is 10.7. The number of aliphatic hydroxyl groups excluding tert-OH is 1. The van der Waals surface area contributed by atoms with Crippen LogP contribution in [0.5, 0.6) is 23.0 Å². The average Bonchev–Trinajstić information content (AvgIpc) is 2.77. The van der Waals surface area contributed by atoms with E-state index in [2.05, 4.69) is 15.6 Å². The summed E-state index contributed by atoms with van der Waals surface area (Å²) in [5.41, 5.74) is 1.80. The number of benzene rings is 2. The van der Waals surface area contributed by atoms with E-state index in [0.29, 0.717) is 42.1 Å². The van der Waals surface area contributed by atoms with Crippen LogP contribution in [0.4, 0.5) is 5.69 Å². The Balaban J connectivity index is 0.00000480. The van der Waals surface area contributed by atoms with E-state index in [1.807, 2.05) is 50.2 Å². The van der Waals surface area contributed by atoms with Gasteiger partial charge in [-0.05, 0) is 43.7 Å². The molecule has 0 bridgehead atoms. The van der Waals surface area contributed by atoms with E-state index in [-0.39, 0.29) is 37.2 Å². The van der Waals surface area contributed by atoms with Gasteiger partial charge in [-0.15, -0.1) is 24.0 Å². The molecule has 0 saturated heterocycles. The van der Waals surface area contributed by atoms with Crippen LogP contribution in [0.25, 0.3) is 0 Å². The second-order valence-electron chi connectivity index (χ2n) is 6.18. The zero-order chi connectivity index (χ0) is 21.8. The van der Waals surface area contributed by atoms with E-state index in [1.54, 1.807) is 14.2 Å². The Kier molecular flexibility index (Phi) is 12.5. The van der Waals surface area contributed by atoms with E-state index >= 15 is 0 Å². The van der Waals surface area contributed by atoms with Crippen LogP contribution in [-0.2, 0) is 6.54 Å². The zero-order valence-corrected chi connectivity index (χ0v) is 20.8. The average molecular weight is 545 g/mol. The number of nitrogens with one attached hydrogen (secondary N) is 2. The van der Waals surface area contributed by atoms with E-state index in [0.717, 1.165) is 17.8 Å². The third-order valence-corrected chi connectivity index (χ3v) is 4.07. The van der Waals surface area contributed by atoms with Crippen molar-refractivity contribution in [1.82, 2.24) is 5.32 Å². The molecule has 2 aromatic rings. The van der Waals surface area contributed by atoms with Crippen LogP contribution in [0.2, 0.25) is 0 Å². The van der Waals surface area contributed by atoms with Gasteiger partial charge in [0.05, 0.1) is 34.0 Å². The van der Waals surface area contributed by atoms with Gasteiger partial charge < -0.3 is 34.7 Å². The molecule has 9 heteroatoms. The largest absolute Gasteiger partial charge is 0.493 e. The van der Waals surface area contributed by atoms with Gasteiger partial charge in [-0.1, -0.05) is 6.07 Å². The Bertz CT molecular complexity index is 833. The molecule has 0 atom stereocenters. The van der Waals surface area contributed by atoms with Gasteiger partial charge in [0.2, 0.25) is 0 Å². The van der Waals surface area contributed by atoms with Gasteiger partial charge in [0, 0.05) is 18.3 Å². The predicted molar refractivity (Wildman–Crippen MR) is 134 cm³/mol. The topological polar surface area (TPSA) is 93.6 Å². The summed E-state index contributed by atoms with van der Waals surface area (Å²) in [7, 11) is 3.20. The Morgan fingerprint density at radius 2 is 1.68 bits per heavy atom. The standard InChI is InChI=1S/C22H31N3O5.HI/c1-5-23-22(25-17-8-10-18(27-3)21(14-17)29-6-2)24-15-16-7-9-19(30-12-11-26)20(13-16)28-4;/h7-10,13-14,26H,5-6,11-12,15H2,1-4H3,(H2,23,24,25);1H. The highest BCUT2D eigenvalue weighted by molar-refractivity contribution is 14.0. The minimum atomic E-state index is -0.0523. The fraction of sp³-hybridized carbons (Fsp3) is 0.409. The van der Waals surface area contributed by atoms with Gasteiger partial charge in [-0.25, -0.2) is 4.99 Å². The molecule has 2 aromatic carbocycles. The Morgan fingerprint density at radius 1 is 0.935 bits per heavy atom. The summed E-state index contributed by atoms with van der Waals surface area (Å²) in [4.78, 5) is 4.65. The zero-order valence-electron chi connectivity index (χ0n) is 18.4. The number of methoxy groups -OCH3 is 2. The van der Waals surface area contributed by atoms with E-state index < -0.39 is 0 Å². The van der Waals surface area contributed by atoms with Crippen LogP contribution >= 0.6 is 24.0 Å². The highest BCUT2D eigenvalue weighted by atomic mass is 127. The number of halogens is 1. The van der Waals surface area contributed by atoms with Crippen molar-refractivity contribution in [2.45, 2.75) is 20.4 Å². The summed E-state index contributed by atoms with van der Waals surface area (Å²) < 4.78 is 21.8. The highest BCUT2D eigenvalue weighted by Crippen LogP contribution is 2.30. The molecule has 0 unspecified atom stereocenters. The lowest BCUT2D eigenvalue weighted by Crippen LogP contribution is -2.30. The molecule has 2 rings (SSSR count). The maximum absolute atomic E-state index is 8.93. The van der Waals surface area contributed by atoms with Crippen LogP contribution in [-0.4, -0.2) is 51.7 Å². The van der Waals surface area contributed by atoms with E-state index in [4.69, 9.17) is 24.1 Å². The molecular formula is C22H32IN3O5. The molecule has 0 aliphatic rings. The van der Waals surface area contributed by atoms with E-state index in [1.165, 1.54) is 0 Å². The maximum atomic E-state index is 8.93.